The maximum absolute atomic E-state index is 14.0. The lowest BCUT2D eigenvalue weighted by Gasteiger charge is -2.55. The van der Waals surface area contributed by atoms with Gasteiger partial charge in [-0.15, -0.1) is 0 Å². The molecule has 11 heteroatoms. The predicted octanol–water partition coefficient (Wildman–Crippen LogP) is 2.16. The summed E-state index contributed by atoms with van der Waals surface area (Å²) in [5, 5.41) is 13.8. The number of nitro benzene ring substituents is 1. The molecule has 1 N–H and O–H groups in total. The molecule has 1 spiro atoms. The summed E-state index contributed by atoms with van der Waals surface area (Å²) in [6.45, 7) is 7.35. The van der Waals surface area contributed by atoms with Crippen LogP contribution < -0.4 is 10.2 Å². The monoisotopic (exact) mass is 472 g/mol. The summed E-state index contributed by atoms with van der Waals surface area (Å²) in [6.07, 6.45) is 0.505. The Hall–Kier alpha value is -3.50. The Bertz CT molecular complexity index is 1100. The van der Waals surface area contributed by atoms with Gasteiger partial charge in [-0.3, -0.25) is 34.7 Å². The van der Waals surface area contributed by atoms with Gasteiger partial charge >= 0.3 is 12.0 Å². The SMILES string of the molecule is CCOC(=O)[C@@H]1CCN2c3ccc([N+](=O)[O-])cc3C[C@]3(C(=O)NC(=O)N(C(C)(C)C)C3=O)[C@H]2C1. The molecule has 0 radical (unpaired) electrons. The highest BCUT2D eigenvalue weighted by atomic mass is 16.6. The molecule has 4 rings (SSSR count). The second-order valence-corrected chi connectivity index (χ2v) is 9.97. The van der Waals surface area contributed by atoms with Gasteiger partial charge in [0.25, 0.3) is 5.69 Å². The van der Waals surface area contributed by atoms with Crippen molar-refractivity contribution in [1.82, 2.24) is 10.2 Å². The van der Waals surface area contributed by atoms with Gasteiger partial charge in [0.05, 0.1) is 23.5 Å². The number of nitrogens with one attached hydrogen (secondary N) is 1. The Morgan fingerprint density at radius 1 is 1.29 bits per heavy atom. The molecule has 1 aromatic rings. The average Bonchev–Trinajstić information content (AvgIpc) is 2.75. The molecule has 3 atom stereocenters. The number of anilines is 1. The van der Waals surface area contributed by atoms with Crippen molar-refractivity contribution in [2.45, 2.75) is 58.5 Å². The number of piperidine rings is 1. The minimum Gasteiger partial charge on any atom is -0.466 e. The summed E-state index contributed by atoms with van der Waals surface area (Å²) >= 11 is 0. The third-order valence-corrected chi connectivity index (χ3v) is 6.93. The summed E-state index contributed by atoms with van der Waals surface area (Å²) in [5.41, 5.74) is -1.64. The molecule has 2 saturated heterocycles. The normalized spacial score (nSPS) is 26.6. The van der Waals surface area contributed by atoms with Crippen LogP contribution in [0.1, 0.15) is 46.1 Å². The number of barbiturate groups is 1. The number of amides is 4. The fraction of sp³-hybridized carbons (Fsp3) is 0.565. The first-order chi connectivity index (χ1) is 15.9. The van der Waals surface area contributed by atoms with E-state index in [0.29, 0.717) is 24.2 Å². The van der Waals surface area contributed by atoms with Crippen LogP contribution in [-0.2, 0) is 25.5 Å². The number of nitro groups is 1. The van der Waals surface area contributed by atoms with Crippen LogP contribution in [0.25, 0.3) is 0 Å². The molecule has 11 nitrogen and oxygen atoms in total. The van der Waals surface area contributed by atoms with E-state index in [2.05, 4.69) is 5.32 Å². The number of rotatable bonds is 3. The first-order valence-corrected chi connectivity index (χ1v) is 11.3. The molecule has 3 aliphatic rings. The van der Waals surface area contributed by atoms with Crippen molar-refractivity contribution in [2.75, 3.05) is 18.1 Å². The fourth-order valence-corrected chi connectivity index (χ4v) is 5.43. The fourth-order valence-electron chi connectivity index (χ4n) is 5.43. The molecule has 0 aliphatic carbocycles. The van der Waals surface area contributed by atoms with Gasteiger partial charge in [0.1, 0.15) is 0 Å². The van der Waals surface area contributed by atoms with Crippen LogP contribution >= 0.6 is 0 Å². The standard InChI is InChI=1S/C23H28N4O7/c1-5-34-18(28)13-8-9-25-16-7-6-15(27(32)33)10-14(16)12-23(17(25)11-13)19(29)24-21(31)26(20(23)30)22(2,3)4/h6-7,10,13,17H,5,8-9,11-12H2,1-4H3,(H,24,29,31)/t13-,17-,23-/m1/s1. The molecule has 0 aromatic heterocycles. The van der Waals surface area contributed by atoms with E-state index in [1.54, 1.807) is 33.8 Å². The van der Waals surface area contributed by atoms with Crippen LogP contribution in [0.2, 0.25) is 0 Å². The lowest BCUT2D eigenvalue weighted by molar-refractivity contribution is -0.384. The molecule has 0 bridgehead atoms. The topological polar surface area (TPSA) is 139 Å². The zero-order valence-corrected chi connectivity index (χ0v) is 19.6. The van der Waals surface area contributed by atoms with Crippen molar-refractivity contribution in [3.63, 3.8) is 0 Å². The van der Waals surface area contributed by atoms with Gasteiger partial charge in [-0.1, -0.05) is 0 Å². The van der Waals surface area contributed by atoms with Gasteiger partial charge in [-0.05, 0) is 52.2 Å². The Morgan fingerprint density at radius 2 is 2.00 bits per heavy atom. The van der Waals surface area contributed by atoms with Gasteiger partial charge in [-0.25, -0.2) is 4.79 Å². The van der Waals surface area contributed by atoms with E-state index in [1.165, 1.54) is 12.1 Å². The number of hydrogen-bond acceptors (Lipinski definition) is 8. The molecule has 2 fully saturated rings. The van der Waals surface area contributed by atoms with Crippen molar-refractivity contribution in [3.8, 4) is 0 Å². The number of imide groups is 2. The molecule has 34 heavy (non-hydrogen) atoms. The number of fused-ring (bicyclic) bond motifs is 4. The highest BCUT2D eigenvalue weighted by molar-refractivity contribution is 6.20. The van der Waals surface area contributed by atoms with E-state index < -0.39 is 45.7 Å². The van der Waals surface area contributed by atoms with E-state index in [1.807, 2.05) is 4.90 Å². The van der Waals surface area contributed by atoms with Gasteiger partial charge in [-0.2, -0.15) is 0 Å². The van der Waals surface area contributed by atoms with Crippen LogP contribution in [0, 0.1) is 21.4 Å². The predicted molar refractivity (Wildman–Crippen MR) is 120 cm³/mol. The molecule has 182 valence electrons. The molecular weight excluding hydrogens is 444 g/mol. The molecule has 1 aromatic carbocycles. The summed E-state index contributed by atoms with van der Waals surface area (Å²) in [6, 6.07) is 2.86. The first kappa shape index (κ1) is 23.7. The van der Waals surface area contributed by atoms with Crippen molar-refractivity contribution in [2.24, 2.45) is 11.3 Å². The maximum atomic E-state index is 14.0. The van der Waals surface area contributed by atoms with Gasteiger partial charge in [0.15, 0.2) is 5.41 Å². The minimum absolute atomic E-state index is 0.120. The minimum atomic E-state index is -1.73. The number of esters is 1. The van der Waals surface area contributed by atoms with Crippen molar-refractivity contribution >= 4 is 35.2 Å². The van der Waals surface area contributed by atoms with Crippen LogP contribution in [-0.4, -0.2) is 58.4 Å². The second kappa shape index (κ2) is 8.07. The van der Waals surface area contributed by atoms with E-state index in [9.17, 15) is 29.3 Å². The van der Waals surface area contributed by atoms with Crippen LogP contribution in [0.5, 0.6) is 0 Å². The number of hydrogen-bond donors (Lipinski definition) is 1. The molecule has 3 heterocycles. The lowest BCUT2D eigenvalue weighted by Crippen LogP contribution is -2.75. The number of carbonyl (C=O) groups excluding carboxylic acids is 4. The molecular formula is C23H28N4O7. The van der Waals surface area contributed by atoms with E-state index in [0.717, 1.165) is 4.90 Å². The van der Waals surface area contributed by atoms with Crippen LogP contribution in [0.3, 0.4) is 0 Å². The summed E-state index contributed by atoms with van der Waals surface area (Å²) in [4.78, 5) is 66.6. The average molecular weight is 472 g/mol. The molecule has 3 aliphatic heterocycles. The third-order valence-electron chi connectivity index (χ3n) is 6.93. The van der Waals surface area contributed by atoms with Crippen molar-refractivity contribution in [1.29, 1.82) is 0 Å². The van der Waals surface area contributed by atoms with E-state index >= 15 is 0 Å². The smallest absolute Gasteiger partial charge is 0.331 e. The van der Waals surface area contributed by atoms with Crippen molar-refractivity contribution < 1.29 is 28.8 Å². The van der Waals surface area contributed by atoms with E-state index in [-0.39, 0.29) is 31.1 Å². The van der Waals surface area contributed by atoms with Gasteiger partial charge in [0.2, 0.25) is 11.8 Å². The second-order valence-electron chi connectivity index (χ2n) is 9.97. The lowest BCUT2D eigenvalue weighted by atomic mass is 9.64. The van der Waals surface area contributed by atoms with Gasteiger partial charge in [0, 0.05) is 36.3 Å². The largest absolute Gasteiger partial charge is 0.466 e. The zero-order chi connectivity index (χ0) is 25.0. The quantitative estimate of drug-likeness (QED) is 0.306. The Kier molecular flexibility index (Phi) is 5.61. The van der Waals surface area contributed by atoms with Crippen LogP contribution in [0.4, 0.5) is 16.2 Å². The molecule has 4 amide bonds. The van der Waals surface area contributed by atoms with Crippen molar-refractivity contribution in [3.05, 3.63) is 33.9 Å². The highest BCUT2D eigenvalue weighted by Crippen LogP contribution is 2.50. The summed E-state index contributed by atoms with van der Waals surface area (Å²) in [5.74, 6) is -2.32. The Labute approximate surface area is 196 Å². The third kappa shape index (κ3) is 3.50. The number of nitrogens with zero attached hydrogens (tertiary/aromatic N) is 3. The summed E-state index contributed by atoms with van der Waals surface area (Å²) in [7, 11) is 0. The molecule has 0 saturated carbocycles. The zero-order valence-electron chi connectivity index (χ0n) is 19.6. The van der Waals surface area contributed by atoms with Gasteiger partial charge < -0.3 is 9.64 Å². The number of ether oxygens (including phenoxy) is 1. The van der Waals surface area contributed by atoms with E-state index in [4.69, 9.17) is 4.74 Å². The number of benzene rings is 1. The number of urea groups is 1. The maximum Gasteiger partial charge on any atom is 0.331 e. The highest BCUT2D eigenvalue weighted by Gasteiger charge is 2.64. The first-order valence-electron chi connectivity index (χ1n) is 11.3. The number of non-ortho nitro benzene ring substituents is 1. The summed E-state index contributed by atoms with van der Waals surface area (Å²) < 4.78 is 5.21. The number of carbonyl (C=O) groups is 4. The Balaban J connectivity index is 1.88. The van der Waals surface area contributed by atoms with Crippen LogP contribution in [0.15, 0.2) is 18.2 Å². The Morgan fingerprint density at radius 3 is 2.62 bits per heavy atom. The molecule has 0 unspecified atom stereocenters.